The Hall–Kier alpha value is -1.35. The summed E-state index contributed by atoms with van der Waals surface area (Å²) in [4.78, 5) is 11.9. The Morgan fingerprint density at radius 1 is 1.41 bits per heavy atom. The van der Waals surface area contributed by atoms with Crippen LogP contribution in [-0.2, 0) is 11.2 Å². The van der Waals surface area contributed by atoms with Crippen molar-refractivity contribution >= 4 is 5.91 Å². The Morgan fingerprint density at radius 2 is 2.12 bits per heavy atom. The van der Waals surface area contributed by atoms with E-state index in [2.05, 4.69) is 17.4 Å². The summed E-state index contributed by atoms with van der Waals surface area (Å²) in [7, 11) is 0. The molecule has 1 unspecified atom stereocenters. The van der Waals surface area contributed by atoms with Gasteiger partial charge in [0.25, 0.3) is 0 Å². The van der Waals surface area contributed by atoms with Gasteiger partial charge in [0.2, 0.25) is 5.91 Å². The number of rotatable bonds is 3. The highest BCUT2D eigenvalue weighted by Gasteiger charge is 2.26. The summed E-state index contributed by atoms with van der Waals surface area (Å²) >= 11 is 0. The van der Waals surface area contributed by atoms with E-state index in [0.717, 1.165) is 12.8 Å². The number of benzene rings is 1. The molecule has 0 saturated heterocycles. The summed E-state index contributed by atoms with van der Waals surface area (Å²) in [6.07, 6.45) is 2.02. The standard InChI is InChI=1S/C14H20N2O/c1-9(2)13(15)14(17)16-12-8-7-10-5-3-4-6-11(10)12/h3-6,9,12-13H,7-8,15H2,1-2H3,(H,16,17)/t12?,13-/m0/s1. The summed E-state index contributed by atoms with van der Waals surface area (Å²) in [6, 6.07) is 8.01. The van der Waals surface area contributed by atoms with Crippen molar-refractivity contribution in [2.24, 2.45) is 11.7 Å². The van der Waals surface area contributed by atoms with Crippen LogP contribution in [0.25, 0.3) is 0 Å². The van der Waals surface area contributed by atoms with Gasteiger partial charge in [-0.15, -0.1) is 0 Å². The fourth-order valence-electron chi connectivity index (χ4n) is 2.28. The molecule has 3 heteroatoms. The van der Waals surface area contributed by atoms with Gasteiger partial charge in [-0.1, -0.05) is 38.1 Å². The van der Waals surface area contributed by atoms with E-state index in [9.17, 15) is 4.79 Å². The second-order valence-electron chi connectivity index (χ2n) is 5.07. The van der Waals surface area contributed by atoms with Crippen LogP contribution in [0.4, 0.5) is 0 Å². The summed E-state index contributed by atoms with van der Waals surface area (Å²) in [5.41, 5.74) is 8.44. The predicted molar refractivity (Wildman–Crippen MR) is 68.5 cm³/mol. The zero-order chi connectivity index (χ0) is 12.4. The molecule has 1 aromatic carbocycles. The maximum absolute atomic E-state index is 11.9. The SMILES string of the molecule is CC(C)[C@H](N)C(=O)NC1CCc2ccccc21. The zero-order valence-electron chi connectivity index (χ0n) is 10.4. The van der Waals surface area contributed by atoms with Crippen molar-refractivity contribution in [2.45, 2.75) is 38.8 Å². The molecule has 0 aromatic heterocycles. The lowest BCUT2D eigenvalue weighted by Gasteiger charge is -2.19. The van der Waals surface area contributed by atoms with Crippen molar-refractivity contribution in [1.29, 1.82) is 0 Å². The molecule has 2 atom stereocenters. The Balaban J connectivity index is 2.05. The van der Waals surface area contributed by atoms with Gasteiger partial charge in [0.15, 0.2) is 0 Å². The predicted octanol–water partition coefficient (Wildman–Crippen LogP) is 1.77. The number of nitrogens with one attached hydrogen (secondary N) is 1. The van der Waals surface area contributed by atoms with E-state index in [4.69, 9.17) is 5.73 Å². The first-order valence-electron chi connectivity index (χ1n) is 6.23. The smallest absolute Gasteiger partial charge is 0.237 e. The number of fused-ring (bicyclic) bond motifs is 1. The first kappa shape index (κ1) is 12.1. The number of amides is 1. The highest BCUT2D eigenvalue weighted by atomic mass is 16.2. The van der Waals surface area contributed by atoms with Crippen molar-refractivity contribution in [2.75, 3.05) is 0 Å². The molecule has 0 radical (unpaired) electrons. The fraction of sp³-hybridized carbons (Fsp3) is 0.500. The molecule has 3 N–H and O–H groups in total. The Morgan fingerprint density at radius 3 is 2.82 bits per heavy atom. The first-order valence-corrected chi connectivity index (χ1v) is 6.23. The van der Waals surface area contributed by atoms with E-state index in [1.54, 1.807) is 0 Å². The molecule has 0 heterocycles. The number of carbonyl (C=O) groups is 1. The number of hydrogen-bond donors (Lipinski definition) is 2. The summed E-state index contributed by atoms with van der Waals surface area (Å²) in [6.45, 7) is 3.93. The molecular weight excluding hydrogens is 212 g/mol. The van der Waals surface area contributed by atoms with E-state index in [1.807, 2.05) is 26.0 Å². The van der Waals surface area contributed by atoms with Crippen LogP contribution in [0.5, 0.6) is 0 Å². The molecule has 0 saturated carbocycles. The van der Waals surface area contributed by atoms with Crippen LogP contribution in [0.15, 0.2) is 24.3 Å². The van der Waals surface area contributed by atoms with Crippen LogP contribution in [-0.4, -0.2) is 11.9 Å². The van der Waals surface area contributed by atoms with Gasteiger partial charge in [-0.05, 0) is 29.9 Å². The van der Waals surface area contributed by atoms with Crippen molar-refractivity contribution in [3.63, 3.8) is 0 Å². The van der Waals surface area contributed by atoms with Gasteiger partial charge in [0, 0.05) is 0 Å². The molecule has 0 fully saturated rings. The van der Waals surface area contributed by atoms with Crippen molar-refractivity contribution in [3.05, 3.63) is 35.4 Å². The molecule has 0 spiro atoms. The van der Waals surface area contributed by atoms with E-state index >= 15 is 0 Å². The highest BCUT2D eigenvalue weighted by molar-refractivity contribution is 5.82. The topological polar surface area (TPSA) is 55.1 Å². The maximum atomic E-state index is 11.9. The monoisotopic (exact) mass is 232 g/mol. The summed E-state index contributed by atoms with van der Waals surface area (Å²) in [5.74, 6) is 0.133. The molecule has 17 heavy (non-hydrogen) atoms. The molecule has 0 bridgehead atoms. The van der Waals surface area contributed by atoms with E-state index in [0.29, 0.717) is 0 Å². The summed E-state index contributed by atoms with van der Waals surface area (Å²) < 4.78 is 0. The molecule has 0 aliphatic heterocycles. The average Bonchev–Trinajstić information content (AvgIpc) is 2.71. The van der Waals surface area contributed by atoms with Gasteiger partial charge < -0.3 is 11.1 Å². The molecule has 92 valence electrons. The first-order chi connectivity index (χ1) is 8.09. The number of carbonyl (C=O) groups excluding carboxylic acids is 1. The maximum Gasteiger partial charge on any atom is 0.237 e. The summed E-state index contributed by atoms with van der Waals surface area (Å²) in [5, 5.41) is 3.05. The van der Waals surface area contributed by atoms with Gasteiger partial charge in [-0.3, -0.25) is 4.79 Å². The zero-order valence-corrected chi connectivity index (χ0v) is 10.4. The largest absolute Gasteiger partial charge is 0.348 e. The van der Waals surface area contributed by atoms with Crippen molar-refractivity contribution in [3.8, 4) is 0 Å². The lowest BCUT2D eigenvalue weighted by atomic mass is 10.0. The minimum Gasteiger partial charge on any atom is -0.348 e. The average molecular weight is 232 g/mol. The molecule has 1 aliphatic rings. The van der Waals surface area contributed by atoms with Crippen LogP contribution in [0.2, 0.25) is 0 Å². The van der Waals surface area contributed by atoms with Crippen molar-refractivity contribution < 1.29 is 4.79 Å². The normalized spacial score (nSPS) is 20.1. The van der Waals surface area contributed by atoms with Crippen LogP contribution >= 0.6 is 0 Å². The quantitative estimate of drug-likeness (QED) is 0.834. The minimum absolute atomic E-state index is 0.0401. The lowest BCUT2D eigenvalue weighted by molar-refractivity contribution is -0.124. The molecule has 1 aliphatic carbocycles. The fourth-order valence-corrected chi connectivity index (χ4v) is 2.28. The third-order valence-electron chi connectivity index (χ3n) is 3.47. The minimum atomic E-state index is -0.414. The number of aryl methyl sites for hydroxylation is 1. The van der Waals surface area contributed by atoms with Gasteiger partial charge in [-0.25, -0.2) is 0 Å². The molecular formula is C14H20N2O. The number of hydrogen-bond acceptors (Lipinski definition) is 2. The van der Waals surface area contributed by atoms with E-state index < -0.39 is 6.04 Å². The van der Waals surface area contributed by atoms with Gasteiger partial charge in [0.1, 0.15) is 0 Å². The van der Waals surface area contributed by atoms with Crippen LogP contribution < -0.4 is 11.1 Å². The third-order valence-corrected chi connectivity index (χ3v) is 3.47. The van der Waals surface area contributed by atoms with Gasteiger partial charge in [-0.2, -0.15) is 0 Å². The molecule has 2 rings (SSSR count). The molecule has 3 nitrogen and oxygen atoms in total. The highest BCUT2D eigenvalue weighted by Crippen LogP contribution is 2.30. The van der Waals surface area contributed by atoms with Gasteiger partial charge in [0.05, 0.1) is 12.1 Å². The van der Waals surface area contributed by atoms with E-state index in [1.165, 1.54) is 11.1 Å². The lowest BCUT2D eigenvalue weighted by Crippen LogP contribution is -2.44. The second-order valence-corrected chi connectivity index (χ2v) is 5.07. The number of nitrogens with two attached hydrogens (primary N) is 1. The van der Waals surface area contributed by atoms with Crippen LogP contribution in [0.3, 0.4) is 0 Å². The van der Waals surface area contributed by atoms with Crippen molar-refractivity contribution in [1.82, 2.24) is 5.32 Å². The third kappa shape index (κ3) is 2.50. The van der Waals surface area contributed by atoms with Crippen LogP contribution in [0.1, 0.15) is 37.4 Å². The molecule has 1 amide bonds. The van der Waals surface area contributed by atoms with Gasteiger partial charge >= 0.3 is 0 Å². The van der Waals surface area contributed by atoms with Crippen LogP contribution in [0, 0.1) is 5.92 Å². The Kier molecular flexibility index (Phi) is 3.48. The Labute approximate surface area is 102 Å². The Bertz CT molecular complexity index is 414. The molecule has 1 aromatic rings. The second kappa shape index (κ2) is 4.88. The van der Waals surface area contributed by atoms with E-state index in [-0.39, 0.29) is 17.9 Å².